The van der Waals surface area contributed by atoms with E-state index in [1.807, 2.05) is 6.92 Å². The summed E-state index contributed by atoms with van der Waals surface area (Å²) in [6.07, 6.45) is 0.548. The molecule has 0 aliphatic rings. The van der Waals surface area contributed by atoms with Crippen LogP contribution < -0.4 is 5.32 Å². The van der Waals surface area contributed by atoms with Gasteiger partial charge in [0.2, 0.25) is 5.76 Å². The highest BCUT2D eigenvalue weighted by Crippen LogP contribution is 2.20. The van der Waals surface area contributed by atoms with Crippen molar-refractivity contribution in [3.63, 3.8) is 0 Å². The number of hydrogen-bond acceptors (Lipinski definition) is 4. The number of hydrogen-bond donors (Lipinski definition) is 3. The molecule has 23 heavy (non-hydrogen) atoms. The summed E-state index contributed by atoms with van der Waals surface area (Å²) in [6, 6.07) is 2.82. The normalized spacial score (nSPS) is 10.6. The van der Waals surface area contributed by atoms with Crippen LogP contribution in [0.1, 0.15) is 62.3 Å². The molecule has 0 bridgehead atoms. The molecule has 0 aliphatic carbocycles. The van der Waals surface area contributed by atoms with Gasteiger partial charge in [-0.1, -0.05) is 6.92 Å². The van der Waals surface area contributed by atoms with Crippen molar-refractivity contribution in [1.82, 2.24) is 10.3 Å². The molecule has 0 unspecified atom stereocenters. The number of aryl methyl sites for hydroxylation is 1. The van der Waals surface area contributed by atoms with Crippen LogP contribution in [0.3, 0.4) is 0 Å². The molecule has 7 heteroatoms. The van der Waals surface area contributed by atoms with Gasteiger partial charge in [0.1, 0.15) is 11.5 Å². The number of aromatic nitrogens is 1. The zero-order chi connectivity index (χ0) is 17.1. The van der Waals surface area contributed by atoms with E-state index < -0.39 is 5.97 Å². The van der Waals surface area contributed by atoms with Gasteiger partial charge in [-0.25, -0.2) is 4.79 Å². The van der Waals surface area contributed by atoms with Gasteiger partial charge < -0.3 is 19.8 Å². The van der Waals surface area contributed by atoms with Crippen molar-refractivity contribution < 1.29 is 23.9 Å². The first-order valence-corrected chi connectivity index (χ1v) is 7.17. The number of carboxylic acids is 1. The Morgan fingerprint density at radius 2 is 2.00 bits per heavy atom. The summed E-state index contributed by atoms with van der Waals surface area (Å²) in [7, 11) is 0. The average Bonchev–Trinajstić information content (AvgIpc) is 3.08. The minimum atomic E-state index is -1.16. The number of ketones is 1. The molecule has 1 amide bonds. The van der Waals surface area contributed by atoms with E-state index in [1.165, 1.54) is 19.1 Å². The Morgan fingerprint density at radius 3 is 2.52 bits per heavy atom. The Hall–Kier alpha value is -2.83. The highest BCUT2D eigenvalue weighted by molar-refractivity contribution is 6.02. The maximum absolute atomic E-state index is 12.3. The van der Waals surface area contributed by atoms with E-state index in [9.17, 15) is 14.4 Å². The molecular formula is C16H18N2O5. The number of nitrogens with one attached hydrogen (secondary N) is 2. The van der Waals surface area contributed by atoms with E-state index in [1.54, 1.807) is 6.92 Å². The first kappa shape index (κ1) is 16.5. The van der Waals surface area contributed by atoms with E-state index in [2.05, 4.69) is 10.3 Å². The SMILES string of the molecule is CCc1c(C(=O)NCc2ccc(C(=O)O)o2)[nH]c(C)c1C(C)=O. The van der Waals surface area contributed by atoms with Gasteiger partial charge in [-0.05, 0) is 38.0 Å². The Balaban J connectivity index is 2.16. The zero-order valence-corrected chi connectivity index (χ0v) is 13.1. The monoisotopic (exact) mass is 318 g/mol. The summed E-state index contributed by atoms with van der Waals surface area (Å²) >= 11 is 0. The molecule has 122 valence electrons. The lowest BCUT2D eigenvalue weighted by Crippen LogP contribution is -2.24. The van der Waals surface area contributed by atoms with Gasteiger partial charge in [-0.3, -0.25) is 9.59 Å². The third kappa shape index (κ3) is 3.33. The molecule has 0 saturated carbocycles. The number of aromatic carboxylic acids is 1. The second kappa shape index (κ2) is 6.51. The van der Waals surface area contributed by atoms with Crippen LogP contribution in [0.4, 0.5) is 0 Å². The minimum absolute atomic E-state index is 0.0583. The summed E-state index contributed by atoms with van der Waals surface area (Å²) in [5.41, 5.74) is 2.23. The second-order valence-electron chi connectivity index (χ2n) is 5.14. The Labute approximate surface area is 132 Å². The predicted octanol–water partition coefficient (Wildman–Crippen LogP) is 2.31. The number of H-pyrrole nitrogens is 1. The number of furan rings is 1. The van der Waals surface area contributed by atoms with Gasteiger partial charge in [0.05, 0.1) is 6.54 Å². The number of carbonyl (C=O) groups is 3. The van der Waals surface area contributed by atoms with Crippen LogP contribution in [0.2, 0.25) is 0 Å². The quantitative estimate of drug-likeness (QED) is 0.707. The predicted molar refractivity (Wildman–Crippen MR) is 81.7 cm³/mol. The maximum Gasteiger partial charge on any atom is 0.371 e. The average molecular weight is 318 g/mol. The van der Waals surface area contributed by atoms with Crippen LogP contribution in [-0.2, 0) is 13.0 Å². The Bertz CT molecular complexity index is 770. The zero-order valence-electron chi connectivity index (χ0n) is 13.1. The lowest BCUT2D eigenvalue weighted by Gasteiger charge is -2.04. The molecule has 0 aliphatic heterocycles. The highest BCUT2D eigenvalue weighted by atomic mass is 16.4. The molecule has 2 rings (SSSR count). The third-order valence-electron chi connectivity index (χ3n) is 3.52. The number of aromatic amines is 1. The van der Waals surface area contributed by atoms with Crippen LogP contribution in [0.15, 0.2) is 16.5 Å². The van der Waals surface area contributed by atoms with Crippen molar-refractivity contribution in [2.75, 3.05) is 0 Å². The fraction of sp³-hybridized carbons (Fsp3) is 0.312. The molecule has 0 aromatic carbocycles. The van der Waals surface area contributed by atoms with E-state index in [0.29, 0.717) is 34.7 Å². The Kier molecular flexibility index (Phi) is 4.68. The molecule has 7 nitrogen and oxygen atoms in total. The van der Waals surface area contributed by atoms with Crippen LogP contribution in [0.25, 0.3) is 0 Å². The lowest BCUT2D eigenvalue weighted by molar-refractivity contribution is 0.0660. The Morgan fingerprint density at radius 1 is 1.30 bits per heavy atom. The topological polar surface area (TPSA) is 112 Å². The van der Waals surface area contributed by atoms with Crippen LogP contribution in [-0.4, -0.2) is 27.8 Å². The van der Waals surface area contributed by atoms with Gasteiger partial charge in [0, 0.05) is 11.3 Å². The van der Waals surface area contributed by atoms with Gasteiger partial charge in [0.25, 0.3) is 5.91 Å². The fourth-order valence-corrected chi connectivity index (χ4v) is 2.54. The van der Waals surface area contributed by atoms with Gasteiger partial charge in [-0.2, -0.15) is 0 Å². The summed E-state index contributed by atoms with van der Waals surface area (Å²) < 4.78 is 5.08. The first-order chi connectivity index (χ1) is 10.8. The molecule has 3 N–H and O–H groups in total. The van der Waals surface area contributed by atoms with Crippen molar-refractivity contribution in [3.8, 4) is 0 Å². The maximum atomic E-state index is 12.3. The molecule has 2 aromatic heterocycles. The number of amides is 1. The van der Waals surface area contributed by atoms with Crippen molar-refractivity contribution in [2.45, 2.75) is 33.7 Å². The molecule has 2 aromatic rings. The summed E-state index contributed by atoms with van der Waals surface area (Å²) in [5, 5.41) is 11.4. The smallest absolute Gasteiger partial charge is 0.371 e. The molecule has 0 fully saturated rings. The molecular weight excluding hydrogens is 300 g/mol. The summed E-state index contributed by atoms with van der Waals surface area (Å²) in [4.78, 5) is 37.7. The van der Waals surface area contributed by atoms with E-state index in [4.69, 9.17) is 9.52 Å². The number of rotatable bonds is 6. The minimum Gasteiger partial charge on any atom is -0.475 e. The van der Waals surface area contributed by atoms with Gasteiger partial charge >= 0.3 is 5.97 Å². The van der Waals surface area contributed by atoms with Crippen molar-refractivity contribution in [3.05, 3.63) is 46.2 Å². The fourth-order valence-electron chi connectivity index (χ4n) is 2.54. The number of Topliss-reactive ketones (excluding diaryl/α,β-unsaturated/α-hetero) is 1. The van der Waals surface area contributed by atoms with Crippen LogP contribution in [0.5, 0.6) is 0 Å². The van der Waals surface area contributed by atoms with Crippen molar-refractivity contribution >= 4 is 17.7 Å². The van der Waals surface area contributed by atoms with Crippen LogP contribution in [0, 0.1) is 6.92 Å². The molecule has 0 spiro atoms. The largest absolute Gasteiger partial charge is 0.475 e. The van der Waals surface area contributed by atoms with Crippen LogP contribution >= 0.6 is 0 Å². The standard InChI is InChI=1S/C16H18N2O5/c1-4-11-13(9(3)19)8(2)18-14(11)15(20)17-7-10-5-6-12(23-10)16(21)22/h5-6,18H,4,7H2,1-3H3,(H,17,20)(H,21,22). The summed E-state index contributed by atoms with van der Waals surface area (Å²) in [5.74, 6) is -1.47. The molecule has 0 atom stereocenters. The van der Waals surface area contributed by atoms with Gasteiger partial charge in [-0.15, -0.1) is 0 Å². The third-order valence-corrected chi connectivity index (χ3v) is 3.52. The first-order valence-electron chi connectivity index (χ1n) is 7.17. The number of carbonyl (C=O) groups excluding carboxylic acids is 2. The second-order valence-corrected chi connectivity index (χ2v) is 5.14. The molecule has 2 heterocycles. The van der Waals surface area contributed by atoms with E-state index >= 15 is 0 Å². The van der Waals surface area contributed by atoms with E-state index in [0.717, 1.165) is 0 Å². The highest BCUT2D eigenvalue weighted by Gasteiger charge is 2.21. The molecule has 0 saturated heterocycles. The number of carboxylic acid groups (broad SMARTS) is 1. The van der Waals surface area contributed by atoms with Crippen molar-refractivity contribution in [1.29, 1.82) is 0 Å². The lowest BCUT2D eigenvalue weighted by atomic mass is 10.0. The van der Waals surface area contributed by atoms with E-state index in [-0.39, 0.29) is 24.0 Å². The van der Waals surface area contributed by atoms with Gasteiger partial charge in [0.15, 0.2) is 5.78 Å². The molecule has 0 radical (unpaired) electrons. The van der Waals surface area contributed by atoms with Crippen molar-refractivity contribution in [2.24, 2.45) is 0 Å². The summed E-state index contributed by atoms with van der Waals surface area (Å²) in [6.45, 7) is 5.14.